The molecule has 1 amide bonds. The van der Waals surface area contributed by atoms with Crippen LogP contribution in [0.15, 0.2) is 24.3 Å². The monoisotopic (exact) mass is 352 g/mol. The quantitative estimate of drug-likeness (QED) is 0.577. The van der Waals surface area contributed by atoms with Gasteiger partial charge in [-0.1, -0.05) is 26.0 Å². The lowest BCUT2D eigenvalue weighted by Gasteiger charge is -2.27. The summed E-state index contributed by atoms with van der Waals surface area (Å²) >= 11 is 0. The van der Waals surface area contributed by atoms with E-state index in [1.165, 1.54) is 0 Å². The van der Waals surface area contributed by atoms with Crippen LogP contribution in [-0.4, -0.2) is 47.1 Å². The zero-order chi connectivity index (χ0) is 19.0. The van der Waals surface area contributed by atoms with Gasteiger partial charge in [0.2, 0.25) is 0 Å². The number of aliphatic hydroxyl groups is 1. The van der Waals surface area contributed by atoms with Gasteiger partial charge in [0.15, 0.2) is 0 Å². The summed E-state index contributed by atoms with van der Waals surface area (Å²) in [5.41, 5.74) is 0.301. The highest BCUT2D eigenvalue weighted by atomic mass is 16.6. The number of alkyl carbamates (subject to hydrolysis) is 1. The lowest BCUT2D eigenvalue weighted by Crippen LogP contribution is -2.50. The van der Waals surface area contributed by atoms with E-state index in [0.29, 0.717) is 18.9 Å². The highest BCUT2D eigenvalue weighted by molar-refractivity contribution is 5.68. The van der Waals surface area contributed by atoms with Gasteiger partial charge in [-0.3, -0.25) is 0 Å². The number of aromatic hydroxyl groups is 1. The zero-order valence-electron chi connectivity index (χ0n) is 15.9. The van der Waals surface area contributed by atoms with Crippen LogP contribution in [0.3, 0.4) is 0 Å². The minimum atomic E-state index is -0.764. The van der Waals surface area contributed by atoms with Crippen molar-refractivity contribution < 1.29 is 19.7 Å². The molecule has 0 bridgehead atoms. The van der Waals surface area contributed by atoms with E-state index in [-0.39, 0.29) is 5.75 Å². The van der Waals surface area contributed by atoms with Gasteiger partial charge in [0.25, 0.3) is 0 Å². The van der Waals surface area contributed by atoms with Crippen molar-refractivity contribution in [1.82, 2.24) is 10.6 Å². The summed E-state index contributed by atoms with van der Waals surface area (Å²) < 4.78 is 5.30. The SMILES string of the molecule is CC(C)CNCC(O)C(Cc1ccc(O)cc1)NC(=O)OC(C)(C)C. The number of phenolic OH excluding ortho intramolecular Hbond substituents is 1. The van der Waals surface area contributed by atoms with Crippen LogP contribution in [-0.2, 0) is 11.2 Å². The zero-order valence-corrected chi connectivity index (χ0v) is 15.9. The van der Waals surface area contributed by atoms with Crippen LogP contribution in [0.25, 0.3) is 0 Å². The van der Waals surface area contributed by atoms with Gasteiger partial charge in [-0.25, -0.2) is 4.79 Å². The maximum Gasteiger partial charge on any atom is 0.407 e. The Bertz CT molecular complexity index is 523. The summed E-state index contributed by atoms with van der Waals surface area (Å²) in [7, 11) is 0. The number of hydrogen-bond donors (Lipinski definition) is 4. The van der Waals surface area contributed by atoms with Gasteiger partial charge in [0.05, 0.1) is 12.1 Å². The average molecular weight is 352 g/mol. The molecule has 0 fully saturated rings. The molecule has 0 radical (unpaired) electrons. The number of amides is 1. The van der Waals surface area contributed by atoms with Crippen LogP contribution in [0.4, 0.5) is 4.79 Å². The maximum atomic E-state index is 12.1. The number of benzene rings is 1. The first kappa shape index (κ1) is 21.3. The summed E-state index contributed by atoms with van der Waals surface area (Å²) in [6, 6.07) is 6.21. The highest BCUT2D eigenvalue weighted by Gasteiger charge is 2.25. The highest BCUT2D eigenvalue weighted by Crippen LogP contribution is 2.13. The molecule has 0 aromatic heterocycles. The molecule has 0 saturated heterocycles. The third-order valence-electron chi connectivity index (χ3n) is 3.46. The van der Waals surface area contributed by atoms with Crippen LogP contribution in [0.5, 0.6) is 5.75 Å². The second-order valence-electron chi connectivity index (χ2n) is 7.74. The van der Waals surface area contributed by atoms with Gasteiger partial charge in [0.1, 0.15) is 11.4 Å². The van der Waals surface area contributed by atoms with E-state index < -0.39 is 23.8 Å². The fourth-order valence-corrected chi connectivity index (χ4v) is 2.29. The number of nitrogens with one attached hydrogen (secondary N) is 2. The molecule has 1 aromatic rings. The molecule has 25 heavy (non-hydrogen) atoms. The molecule has 0 heterocycles. The summed E-state index contributed by atoms with van der Waals surface area (Å²) in [5.74, 6) is 0.654. The summed E-state index contributed by atoms with van der Waals surface area (Å²) in [6.07, 6.45) is -0.886. The van der Waals surface area contributed by atoms with Gasteiger partial charge in [-0.2, -0.15) is 0 Å². The van der Waals surface area contributed by atoms with Gasteiger partial charge < -0.3 is 25.6 Å². The first-order chi connectivity index (χ1) is 11.6. The fourth-order valence-electron chi connectivity index (χ4n) is 2.29. The molecule has 1 aromatic carbocycles. The van der Waals surface area contributed by atoms with Crippen molar-refractivity contribution in [2.45, 2.75) is 58.8 Å². The van der Waals surface area contributed by atoms with E-state index in [1.807, 2.05) is 0 Å². The van der Waals surface area contributed by atoms with Crippen LogP contribution >= 0.6 is 0 Å². The second kappa shape index (κ2) is 9.63. The van der Waals surface area contributed by atoms with Crippen LogP contribution in [0.2, 0.25) is 0 Å². The molecule has 0 saturated carbocycles. The molecule has 4 N–H and O–H groups in total. The minimum Gasteiger partial charge on any atom is -0.508 e. The van der Waals surface area contributed by atoms with Crippen molar-refractivity contribution in [2.24, 2.45) is 5.92 Å². The average Bonchev–Trinajstić information content (AvgIpc) is 2.46. The van der Waals surface area contributed by atoms with E-state index >= 15 is 0 Å². The summed E-state index contributed by atoms with van der Waals surface area (Å²) in [5, 5.41) is 25.9. The Morgan fingerprint density at radius 3 is 2.28 bits per heavy atom. The lowest BCUT2D eigenvalue weighted by molar-refractivity contribution is 0.0422. The van der Waals surface area contributed by atoms with Crippen molar-refractivity contribution in [3.8, 4) is 5.75 Å². The number of carbonyl (C=O) groups excluding carboxylic acids is 1. The number of hydrogen-bond acceptors (Lipinski definition) is 5. The maximum absolute atomic E-state index is 12.1. The standard InChI is InChI=1S/C19H32N2O4/c1-13(2)11-20-12-17(23)16(21-18(24)25-19(3,4)5)10-14-6-8-15(22)9-7-14/h6-9,13,16-17,20,22-23H,10-12H2,1-5H3,(H,21,24). The Morgan fingerprint density at radius 2 is 1.76 bits per heavy atom. The third-order valence-corrected chi connectivity index (χ3v) is 3.46. The smallest absolute Gasteiger partial charge is 0.407 e. The van der Waals surface area contributed by atoms with Crippen molar-refractivity contribution >= 4 is 6.09 Å². The first-order valence-electron chi connectivity index (χ1n) is 8.73. The van der Waals surface area contributed by atoms with Gasteiger partial charge >= 0.3 is 6.09 Å². The van der Waals surface area contributed by atoms with Crippen LogP contribution < -0.4 is 10.6 Å². The topological polar surface area (TPSA) is 90.8 Å². The Morgan fingerprint density at radius 1 is 1.16 bits per heavy atom. The van der Waals surface area contributed by atoms with E-state index in [1.54, 1.807) is 45.0 Å². The molecule has 0 aliphatic heterocycles. The molecule has 2 atom stereocenters. The Labute approximate surface area is 150 Å². The molecule has 0 aliphatic carbocycles. The fraction of sp³-hybridized carbons (Fsp3) is 0.632. The molecule has 0 aliphatic rings. The predicted octanol–water partition coefficient (Wildman–Crippen LogP) is 2.43. The number of ether oxygens (including phenoxy) is 1. The molecule has 0 spiro atoms. The molecule has 142 valence electrons. The van der Waals surface area contributed by atoms with Crippen molar-refractivity contribution in [3.63, 3.8) is 0 Å². The molecule has 1 rings (SSSR count). The number of carbonyl (C=O) groups is 1. The van der Waals surface area contributed by atoms with Gasteiger partial charge in [-0.05, 0) is 57.4 Å². The van der Waals surface area contributed by atoms with Crippen molar-refractivity contribution in [2.75, 3.05) is 13.1 Å². The Hall–Kier alpha value is -1.79. The molecular formula is C19H32N2O4. The van der Waals surface area contributed by atoms with E-state index in [2.05, 4.69) is 24.5 Å². The van der Waals surface area contributed by atoms with E-state index in [0.717, 1.165) is 12.1 Å². The number of aliphatic hydroxyl groups excluding tert-OH is 1. The molecule has 6 nitrogen and oxygen atoms in total. The number of phenols is 1. The predicted molar refractivity (Wildman–Crippen MR) is 98.7 cm³/mol. The van der Waals surface area contributed by atoms with E-state index in [9.17, 15) is 15.0 Å². The van der Waals surface area contributed by atoms with Crippen LogP contribution in [0.1, 0.15) is 40.2 Å². The second-order valence-corrected chi connectivity index (χ2v) is 7.74. The Kier molecular flexibility index (Phi) is 8.19. The summed E-state index contributed by atoms with van der Waals surface area (Å²) in [4.78, 5) is 12.1. The van der Waals surface area contributed by atoms with E-state index in [4.69, 9.17) is 4.74 Å². The van der Waals surface area contributed by atoms with Gasteiger partial charge in [-0.15, -0.1) is 0 Å². The van der Waals surface area contributed by atoms with Crippen molar-refractivity contribution in [3.05, 3.63) is 29.8 Å². The normalized spacial score (nSPS) is 14.2. The van der Waals surface area contributed by atoms with Crippen molar-refractivity contribution in [1.29, 1.82) is 0 Å². The van der Waals surface area contributed by atoms with Crippen LogP contribution in [0, 0.1) is 5.92 Å². The largest absolute Gasteiger partial charge is 0.508 e. The lowest BCUT2D eigenvalue weighted by atomic mass is 10.0. The molecule has 6 heteroatoms. The minimum absolute atomic E-state index is 0.180. The summed E-state index contributed by atoms with van der Waals surface area (Å²) in [6.45, 7) is 10.7. The third kappa shape index (κ3) is 9.31. The Balaban J connectivity index is 2.74. The molecule has 2 unspecified atom stereocenters. The molecular weight excluding hydrogens is 320 g/mol. The van der Waals surface area contributed by atoms with Gasteiger partial charge in [0, 0.05) is 6.54 Å². The first-order valence-corrected chi connectivity index (χ1v) is 8.73. The number of rotatable bonds is 8.